The number of aryl methyl sites for hydroxylation is 1. The number of rotatable bonds is 1. The molecule has 0 saturated heterocycles. The van der Waals surface area contributed by atoms with Crippen molar-refractivity contribution in [2.45, 2.75) is 6.92 Å². The molecule has 4 heteroatoms. The Hall–Kier alpha value is -0.930. The molecule has 1 aromatic carbocycles. The minimum absolute atomic E-state index is 0.270. The Balaban J connectivity index is 2.58. The van der Waals surface area contributed by atoms with E-state index in [0.717, 1.165) is 21.3 Å². The fraction of sp³-hybridized carbons (Fsp3) is 0.0909. The number of hydrogen-bond donors (Lipinski definition) is 0. The first-order valence-electron chi connectivity index (χ1n) is 4.42. The van der Waals surface area contributed by atoms with Crippen LogP contribution in [0.3, 0.4) is 0 Å². The maximum absolute atomic E-state index is 5.75. The molecule has 15 heavy (non-hydrogen) atoms. The highest BCUT2D eigenvalue weighted by Crippen LogP contribution is 2.25. The lowest BCUT2D eigenvalue weighted by atomic mass is 10.1. The van der Waals surface area contributed by atoms with Gasteiger partial charge < -0.3 is 0 Å². The Morgan fingerprint density at radius 3 is 2.80 bits per heavy atom. The SMILES string of the molecule is Cc1ccc(Br)cc1-c1ccnc(Cl)n1. The minimum atomic E-state index is 0.270. The first-order chi connectivity index (χ1) is 7.16. The Kier molecular flexibility index (Phi) is 3.03. The average molecular weight is 284 g/mol. The summed E-state index contributed by atoms with van der Waals surface area (Å²) in [6.07, 6.45) is 1.66. The molecule has 2 rings (SSSR count). The molecule has 0 spiro atoms. The van der Waals surface area contributed by atoms with Crippen molar-refractivity contribution in [1.29, 1.82) is 0 Å². The number of aromatic nitrogens is 2. The van der Waals surface area contributed by atoms with Crippen molar-refractivity contribution in [3.63, 3.8) is 0 Å². The molecule has 0 aliphatic rings. The standard InChI is InChI=1S/C11H8BrClN2/c1-7-2-3-8(12)6-9(7)10-4-5-14-11(13)15-10/h2-6H,1H3. The van der Waals surface area contributed by atoms with Crippen LogP contribution in [0.25, 0.3) is 11.3 Å². The molecule has 0 unspecified atom stereocenters. The van der Waals surface area contributed by atoms with E-state index in [2.05, 4.69) is 25.9 Å². The molecular weight excluding hydrogens is 275 g/mol. The average Bonchev–Trinajstić information content (AvgIpc) is 2.22. The van der Waals surface area contributed by atoms with Crippen LogP contribution in [0.15, 0.2) is 34.9 Å². The Labute approximate surface area is 101 Å². The number of hydrogen-bond acceptors (Lipinski definition) is 2. The fourth-order valence-electron chi connectivity index (χ4n) is 1.36. The highest BCUT2D eigenvalue weighted by Gasteiger charge is 2.04. The van der Waals surface area contributed by atoms with Crippen LogP contribution in [-0.2, 0) is 0 Å². The molecule has 0 fully saturated rings. The number of halogens is 2. The second kappa shape index (κ2) is 4.29. The van der Waals surface area contributed by atoms with Gasteiger partial charge in [0.1, 0.15) is 0 Å². The Morgan fingerprint density at radius 1 is 1.27 bits per heavy atom. The van der Waals surface area contributed by atoms with Crippen molar-refractivity contribution in [2.24, 2.45) is 0 Å². The van der Waals surface area contributed by atoms with Gasteiger partial charge >= 0.3 is 0 Å². The summed E-state index contributed by atoms with van der Waals surface area (Å²) in [7, 11) is 0. The molecule has 0 aliphatic heterocycles. The summed E-state index contributed by atoms with van der Waals surface area (Å²) in [4.78, 5) is 8.04. The quantitative estimate of drug-likeness (QED) is 0.743. The van der Waals surface area contributed by atoms with Crippen LogP contribution in [0.5, 0.6) is 0 Å². The minimum Gasteiger partial charge on any atom is -0.226 e. The van der Waals surface area contributed by atoms with E-state index < -0.39 is 0 Å². The van der Waals surface area contributed by atoms with Gasteiger partial charge in [0, 0.05) is 16.2 Å². The zero-order valence-electron chi connectivity index (χ0n) is 8.04. The maximum Gasteiger partial charge on any atom is 0.222 e. The topological polar surface area (TPSA) is 25.8 Å². The zero-order valence-corrected chi connectivity index (χ0v) is 10.4. The van der Waals surface area contributed by atoms with Gasteiger partial charge in [0.25, 0.3) is 0 Å². The van der Waals surface area contributed by atoms with Gasteiger partial charge in [0.15, 0.2) is 0 Å². The molecule has 2 nitrogen and oxygen atoms in total. The summed E-state index contributed by atoms with van der Waals surface area (Å²) >= 11 is 9.19. The van der Waals surface area contributed by atoms with Gasteiger partial charge in [-0.2, -0.15) is 0 Å². The second-order valence-corrected chi connectivity index (χ2v) is 4.42. The predicted octanol–water partition coefficient (Wildman–Crippen LogP) is 3.87. The monoisotopic (exact) mass is 282 g/mol. The van der Waals surface area contributed by atoms with Gasteiger partial charge in [0.2, 0.25) is 5.28 Å². The van der Waals surface area contributed by atoms with Crippen LogP contribution in [0, 0.1) is 6.92 Å². The molecule has 1 aromatic heterocycles. The lowest BCUT2D eigenvalue weighted by Gasteiger charge is -2.05. The van der Waals surface area contributed by atoms with Gasteiger partial charge in [-0.3, -0.25) is 0 Å². The van der Waals surface area contributed by atoms with Crippen molar-refractivity contribution in [2.75, 3.05) is 0 Å². The second-order valence-electron chi connectivity index (χ2n) is 3.17. The van der Waals surface area contributed by atoms with E-state index in [1.165, 1.54) is 0 Å². The Bertz CT molecular complexity index is 500. The van der Waals surface area contributed by atoms with Crippen molar-refractivity contribution >= 4 is 27.5 Å². The molecule has 0 aliphatic carbocycles. The smallest absolute Gasteiger partial charge is 0.222 e. The van der Waals surface area contributed by atoms with Crippen molar-refractivity contribution in [1.82, 2.24) is 9.97 Å². The third-order valence-electron chi connectivity index (χ3n) is 2.10. The summed E-state index contributed by atoms with van der Waals surface area (Å²) in [6.45, 7) is 2.04. The van der Waals surface area contributed by atoms with E-state index in [1.807, 2.05) is 31.2 Å². The van der Waals surface area contributed by atoms with E-state index in [9.17, 15) is 0 Å². The normalized spacial score (nSPS) is 10.3. The molecular formula is C11H8BrClN2. The molecule has 1 heterocycles. The van der Waals surface area contributed by atoms with Gasteiger partial charge in [-0.25, -0.2) is 9.97 Å². The summed E-state index contributed by atoms with van der Waals surface area (Å²) in [6, 6.07) is 7.91. The lowest BCUT2D eigenvalue weighted by Crippen LogP contribution is -1.89. The molecule has 0 atom stereocenters. The van der Waals surface area contributed by atoms with Crippen LogP contribution in [0.4, 0.5) is 0 Å². The molecule has 0 saturated carbocycles. The van der Waals surface area contributed by atoms with Crippen molar-refractivity contribution < 1.29 is 0 Å². The summed E-state index contributed by atoms with van der Waals surface area (Å²) in [5.74, 6) is 0. The van der Waals surface area contributed by atoms with E-state index in [4.69, 9.17) is 11.6 Å². The van der Waals surface area contributed by atoms with Crippen molar-refractivity contribution in [3.8, 4) is 11.3 Å². The number of nitrogens with zero attached hydrogens (tertiary/aromatic N) is 2. The van der Waals surface area contributed by atoms with E-state index in [1.54, 1.807) is 6.20 Å². The molecule has 0 amide bonds. The molecule has 76 valence electrons. The summed E-state index contributed by atoms with van der Waals surface area (Å²) in [5.41, 5.74) is 3.07. The highest BCUT2D eigenvalue weighted by molar-refractivity contribution is 9.10. The predicted molar refractivity (Wildman–Crippen MR) is 64.9 cm³/mol. The van der Waals surface area contributed by atoms with Crippen LogP contribution in [0.2, 0.25) is 5.28 Å². The fourth-order valence-corrected chi connectivity index (χ4v) is 1.86. The van der Waals surface area contributed by atoms with Crippen molar-refractivity contribution in [3.05, 3.63) is 45.8 Å². The van der Waals surface area contributed by atoms with Gasteiger partial charge in [-0.1, -0.05) is 22.0 Å². The third kappa shape index (κ3) is 2.36. The molecule has 0 bridgehead atoms. The van der Waals surface area contributed by atoms with Crippen LogP contribution in [-0.4, -0.2) is 9.97 Å². The number of benzene rings is 1. The summed E-state index contributed by atoms with van der Waals surface area (Å²) < 4.78 is 1.03. The summed E-state index contributed by atoms with van der Waals surface area (Å²) in [5, 5.41) is 0.270. The van der Waals surface area contributed by atoms with E-state index in [0.29, 0.717) is 0 Å². The van der Waals surface area contributed by atoms with Gasteiger partial charge in [0.05, 0.1) is 5.69 Å². The molecule has 2 aromatic rings. The maximum atomic E-state index is 5.75. The Morgan fingerprint density at radius 2 is 2.07 bits per heavy atom. The van der Waals surface area contributed by atoms with Gasteiger partial charge in [-0.15, -0.1) is 0 Å². The lowest BCUT2D eigenvalue weighted by molar-refractivity contribution is 1.17. The first kappa shape index (κ1) is 10.6. The highest BCUT2D eigenvalue weighted by atomic mass is 79.9. The zero-order chi connectivity index (χ0) is 10.8. The van der Waals surface area contributed by atoms with Crippen LogP contribution < -0.4 is 0 Å². The largest absolute Gasteiger partial charge is 0.226 e. The molecule has 0 N–H and O–H groups in total. The van der Waals surface area contributed by atoms with E-state index >= 15 is 0 Å². The van der Waals surface area contributed by atoms with E-state index in [-0.39, 0.29) is 5.28 Å². The first-order valence-corrected chi connectivity index (χ1v) is 5.59. The van der Waals surface area contributed by atoms with Crippen LogP contribution in [0.1, 0.15) is 5.56 Å². The van der Waals surface area contributed by atoms with Crippen LogP contribution >= 0.6 is 27.5 Å². The third-order valence-corrected chi connectivity index (χ3v) is 2.78. The van der Waals surface area contributed by atoms with Gasteiger partial charge in [-0.05, 0) is 42.3 Å². The molecule has 0 radical (unpaired) electrons.